The van der Waals surface area contributed by atoms with E-state index in [4.69, 9.17) is 0 Å². The maximum absolute atomic E-state index is 13.1. The Morgan fingerprint density at radius 3 is 2.70 bits per heavy atom. The van der Waals surface area contributed by atoms with Crippen molar-refractivity contribution in [2.24, 2.45) is 7.05 Å². The fourth-order valence-corrected chi connectivity index (χ4v) is 3.87. The first-order valence-corrected chi connectivity index (χ1v) is 8.86. The molecule has 118 valence electrons. The van der Waals surface area contributed by atoms with Crippen molar-refractivity contribution in [3.63, 3.8) is 0 Å². The summed E-state index contributed by atoms with van der Waals surface area (Å²) in [6.45, 7) is 2.06. The summed E-state index contributed by atoms with van der Waals surface area (Å²) in [6.07, 6.45) is 0. The molecule has 0 bridgehead atoms. The third kappa shape index (κ3) is 3.48. The van der Waals surface area contributed by atoms with Crippen molar-refractivity contribution in [2.45, 2.75) is 17.8 Å². The number of thioether (sulfide) groups is 1. The van der Waals surface area contributed by atoms with Gasteiger partial charge in [-0.2, -0.15) is 0 Å². The third-order valence-corrected chi connectivity index (χ3v) is 5.40. The Kier molecular flexibility index (Phi) is 4.82. The van der Waals surface area contributed by atoms with Crippen LogP contribution in [0.15, 0.2) is 52.1 Å². The lowest BCUT2D eigenvalue weighted by Gasteiger charge is -2.07. The minimum absolute atomic E-state index is 0.244. The van der Waals surface area contributed by atoms with Gasteiger partial charge in [0, 0.05) is 22.8 Å². The average molecular weight is 392 g/mol. The number of nitrogens with zero attached hydrogens (tertiary/aromatic N) is 3. The van der Waals surface area contributed by atoms with Crippen molar-refractivity contribution < 1.29 is 4.39 Å². The van der Waals surface area contributed by atoms with Crippen LogP contribution in [0.25, 0.3) is 11.4 Å². The summed E-state index contributed by atoms with van der Waals surface area (Å²) in [5.41, 5.74) is 3.27. The second kappa shape index (κ2) is 6.84. The summed E-state index contributed by atoms with van der Waals surface area (Å²) in [4.78, 5) is 0. The number of rotatable bonds is 4. The highest BCUT2D eigenvalue weighted by atomic mass is 79.9. The predicted molar refractivity (Wildman–Crippen MR) is 94.8 cm³/mol. The van der Waals surface area contributed by atoms with Crippen LogP contribution in [0.1, 0.15) is 11.1 Å². The van der Waals surface area contributed by atoms with Crippen molar-refractivity contribution in [1.29, 1.82) is 0 Å². The molecule has 3 aromatic rings. The number of hydrogen-bond acceptors (Lipinski definition) is 3. The van der Waals surface area contributed by atoms with Gasteiger partial charge < -0.3 is 4.57 Å². The van der Waals surface area contributed by atoms with E-state index in [2.05, 4.69) is 39.1 Å². The molecule has 3 nitrogen and oxygen atoms in total. The van der Waals surface area contributed by atoms with Crippen LogP contribution in [0.5, 0.6) is 0 Å². The Balaban J connectivity index is 1.81. The van der Waals surface area contributed by atoms with Gasteiger partial charge in [-0.1, -0.05) is 58.0 Å². The van der Waals surface area contributed by atoms with Crippen LogP contribution in [-0.2, 0) is 12.8 Å². The van der Waals surface area contributed by atoms with E-state index >= 15 is 0 Å². The second-order valence-corrected chi connectivity index (χ2v) is 7.00. The number of benzene rings is 2. The summed E-state index contributed by atoms with van der Waals surface area (Å²) in [7, 11) is 1.96. The zero-order chi connectivity index (χ0) is 16.4. The Labute approximate surface area is 147 Å². The Bertz CT molecular complexity index is 848. The molecule has 0 spiro atoms. The Morgan fingerprint density at radius 1 is 1.17 bits per heavy atom. The normalized spacial score (nSPS) is 11.0. The zero-order valence-corrected chi connectivity index (χ0v) is 15.2. The van der Waals surface area contributed by atoms with E-state index in [-0.39, 0.29) is 5.82 Å². The van der Waals surface area contributed by atoms with E-state index in [1.54, 1.807) is 17.8 Å². The highest BCUT2D eigenvalue weighted by Gasteiger charge is 2.13. The number of aromatic nitrogens is 3. The minimum Gasteiger partial charge on any atom is -0.305 e. The van der Waals surface area contributed by atoms with E-state index in [1.165, 1.54) is 17.7 Å². The zero-order valence-electron chi connectivity index (χ0n) is 12.8. The Hall–Kier alpha value is -1.66. The molecule has 0 saturated carbocycles. The number of halogens is 2. The van der Waals surface area contributed by atoms with Crippen LogP contribution in [0.3, 0.4) is 0 Å². The van der Waals surface area contributed by atoms with E-state index in [1.807, 2.05) is 29.8 Å². The minimum atomic E-state index is -0.244. The second-order valence-electron chi connectivity index (χ2n) is 5.20. The molecule has 6 heteroatoms. The Morgan fingerprint density at radius 2 is 1.96 bits per heavy atom. The van der Waals surface area contributed by atoms with Crippen molar-refractivity contribution in [2.75, 3.05) is 0 Å². The van der Waals surface area contributed by atoms with Crippen LogP contribution < -0.4 is 0 Å². The summed E-state index contributed by atoms with van der Waals surface area (Å²) in [6, 6.07) is 12.8. The van der Waals surface area contributed by atoms with Gasteiger partial charge in [-0.25, -0.2) is 4.39 Å². The molecule has 23 heavy (non-hydrogen) atoms. The van der Waals surface area contributed by atoms with Gasteiger partial charge in [0.05, 0.1) is 0 Å². The number of aryl methyl sites for hydroxylation is 1. The molecule has 3 rings (SSSR count). The summed E-state index contributed by atoms with van der Waals surface area (Å²) < 4.78 is 15.9. The van der Waals surface area contributed by atoms with Gasteiger partial charge in [-0.3, -0.25) is 0 Å². The van der Waals surface area contributed by atoms with Crippen molar-refractivity contribution in [1.82, 2.24) is 14.8 Å². The van der Waals surface area contributed by atoms with Gasteiger partial charge in [-0.05, 0) is 30.2 Å². The van der Waals surface area contributed by atoms with Crippen molar-refractivity contribution in [3.05, 3.63) is 63.9 Å². The van der Waals surface area contributed by atoms with Gasteiger partial charge in [0.1, 0.15) is 5.82 Å². The first kappa shape index (κ1) is 16.2. The lowest BCUT2D eigenvalue weighted by Crippen LogP contribution is -1.96. The standard InChI is InChI=1S/C17H15BrFN3S/c1-11-5-3-4-6-14(11)16-20-21-17(22(16)2)23-10-12-7-8-13(19)9-15(12)18/h3-9H,10H2,1-2H3. The molecule has 0 aliphatic carbocycles. The van der Waals surface area contributed by atoms with E-state index in [9.17, 15) is 4.39 Å². The summed E-state index contributed by atoms with van der Waals surface area (Å²) >= 11 is 4.97. The topological polar surface area (TPSA) is 30.7 Å². The highest BCUT2D eigenvalue weighted by Crippen LogP contribution is 2.29. The smallest absolute Gasteiger partial charge is 0.191 e. The van der Waals surface area contributed by atoms with Gasteiger partial charge >= 0.3 is 0 Å². The molecule has 0 fully saturated rings. The van der Waals surface area contributed by atoms with Gasteiger partial charge in [0.2, 0.25) is 0 Å². The third-order valence-electron chi connectivity index (χ3n) is 3.59. The van der Waals surface area contributed by atoms with Gasteiger partial charge in [0.25, 0.3) is 0 Å². The monoisotopic (exact) mass is 391 g/mol. The van der Waals surface area contributed by atoms with E-state index < -0.39 is 0 Å². The molecule has 0 saturated heterocycles. The molecular weight excluding hydrogens is 377 g/mol. The first-order chi connectivity index (χ1) is 11.1. The molecule has 0 unspecified atom stereocenters. The molecule has 1 aromatic heterocycles. The molecule has 2 aromatic carbocycles. The average Bonchev–Trinajstić information content (AvgIpc) is 2.88. The predicted octanol–water partition coefficient (Wildman–Crippen LogP) is 4.98. The van der Waals surface area contributed by atoms with Crippen LogP contribution in [0, 0.1) is 12.7 Å². The maximum atomic E-state index is 13.1. The lowest BCUT2D eigenvalue weighted by molar-refractivity contribution is 0.626. The first-order valence-electron chi connectivity index (χ1n) is 7.08. The van der Waals surface area contributed by atoms with Crippen LogP contribution in [-0.4, -0.2) is 14.8 Å². The molecule has 1 heterocycles. The maximum Gasteiger partial charge on any atom is 0.191 e. The fraction of sp³-hybridized carbons (Fsp3) is 0.176. The van der Waals surface area contributed by atoms with E-state index in [0.29, 0.717) is 5.75 Å². The van der Waals surface area contributed by atoms with Gasteiger partial charge in [0.15, 0.2) is 11.0 Å². The molecule has 0 radical (unpaired) electrons. The fourth-order valence-electron chi connectivity index (χ4n) is 2.28. The van der Waals surface area contributed by atoms with Crippen molar-refractivity contribution in [3.8, 4) is 11.4 Å². The molecule has 0 amide bonds. The number of hydrogen-bond donors (Lipinski definition) is 0. The molecule has 0 aliphatic rings. The SMILES string of the molecule is Cc1ccccc1-c1nnc(SCc2ccc(F)cc2Br)n1C. The molecule has 0 atom stereocenters. The lowest BCUT2D eigenvalue weighted by atomic mass is 10.1. The summed E-state index contributed by atoms with van der Waals surface area (Å²) in [5, 5.41) is 9.43. The van der Waals surface area contributed by atoms with Crippen LogP contribution in [0.2, 0.25) is 0 Å². The van der Waals surface area contributed by atoms with Crippen molar-refractivity contribution >= 4 is 27.7 Å². The van der Waals surface area contributed by atoms with Gasteiger partial charge in [-0.15, -0.1) is 10.2 Å². The molecular formula is C17H15BrFN3S. The summed E-state index contributed by atoms with van der Waals surface area (Å²) in [5.74, 6) is 1.30. The van der Waals surface area contributed by atoms with Crippen LogP contribution in [0.4, 0.5) is 4.39 Å². The van der Waals surface area contributed by atoms with E-state index in [0.717, 1.165) is 26.6 Å². The largest absolute Gasteiger partial charge is 0.305 e. The van der Waals surface area contributed by atoms with Crippen LogP contribution >= 0.6 is 27.7 Å². The quantitative estimate of drug-likeness (QED) is 0.587. The molecule has 0 aliphatic heterocycles. The molecule has 0 N–H and O–H groups in total. The highest BCUT2D eigenvalue weighted by molar-refractivity contribution is 9.10.